The van der Waals surface area contributed by atoms with E-state index in [2.05, 4.69) is 15.6 Å². The molecule has 0 aromatic carbocycles. The van der Waals surface area contributed by atoms with E-state index in [-0.39, 0.29) is 34.5 Å². The Hall–Kier alpha value is -2.22. The largest absolute Gasteiger partial charge is 0.387 e. The fraction of sp³-hybridized carbons (Fsp3) is 0.667. The number of pyridine rings is 1. The molecule has 7 nitrogen and oxygen atoms in total. The number of aliphatic hydroxyl groups is 1. The quantitative estimate of drug-likeness (QED) is 0.553. The maximum absolute atomic E-state index is 14.4. The molecule has 3 aliphatic carbocycles. The van der Waals surface area contributed by atoms with E-state index in [1.54, 1.807) is 13.1 Å². The summed E-state index contributed by atoms with van der Waals surface area (Å²) < 4.78 is 14.4. The van der Waals surface area contributed by atoms with Crippen molar-refractivity contribution >= 4 is 17.5 Å². The van der Waals surface area contributed by atoms with Crippen molar-refractivity contribution in [3.63, 3.8) is 0 Å². The van der Waals surface area contributed by atoms with E-state index in [9.17, 15) is 19.1 Å². The number of fused-ring (bicyclic) bond motifs is 3. The van der Waals surface area contributed by atoms with Crippen LogP contribution < -0.4 is 16.4 Å². The van der Waals surface area contributed by atoms with Crippen molar-refractivity contribution in [2.45, 2.75) is 76.1 Å². The van der Waals surface area contributed by atoms with Gasteiger partial charge >= 0.3 is 0 Å². The van der Waals surface area contributed by atoms with Gasteiger partial charge in [-0.3, -0.25) is 14.6 Å². The minimum Gasteiger partial charge on any atom is -0.387 e. The van der Waals surface area contributed by atoms with Gasteiger partial charge in [-0.15, -0.1) is 0 Å². The van der Waals surface area contributed by atoms with Gasteiger partial charge in [0.05, 0.1) is 22.5 Å². The second-order valence-electron chi connectivity index (χ2n) is 9.13. The average Bonchev–Trinajstić information content (AvgIpc) is 2.67. The van der Waals surface area contributed by atoms with E-state index in [0.717, 1.165) is 38.5 Å². The van der Waals surface area contributed by atoms with Crippen LogP contribution in [0.5, 0.6) is 0 Å². The lowest BCUT2D eigenvalue weighted by atomic mass is 9.57. The van der Waals surface area contributed by atoms with Crippen LogP contribution >= 0.6 is 0 Å². The first-order valence-electron chi connectivity index (χ1n) is 10.2. The highest BCUT2D eigenvalue weighted by atomic mass is 19.1. The van der Waals surface area contributed by atoms with Crippen LogP contribution in [0.15, 0.2) is 12.3 Å². The number of primary amides is 1. The van der Waals surface area contributed by atoms with E-state index in [4.69, 9.17) is 5.73 Å². The maximum atomic E-state index is 14.4. The van der Waals surface area contributed by atoms with Gasteiger partial charge in [0.25, 0.3) is 5.91 Å². The number of aromatic nitrogens is 1. The minimum absolute atomic E-state index is 0.107. The highest BCUT2D eigenvalue weighted by Crippen LogP contribution is 2.53. The van der Waals surface area contributed by atoms with Crippen LogP contribution in [0.3, 0.4) is 0 Å². The van der Waals surface area contributed by atoms with Gasteiger partial charge in [0.15, 0.2) is 0 Å². The van der Waals surface area contributed by atoms with Crippen molar-refractivity contribution in [2.75, 3.05) is 12.4 Å². The Morgan fingerprint density at radius 3 is 2.34 bits per heavy atom. The minimum atomic E-state index is -1.58. The lowest BCUT2D eigenvalue weighted by Gasteiger charge is -2.53. The molecule has 1 heterocycles. The van der Waals surface area contributed by atoms with Gasteiger partial charge in [-0.1, -0.05) is 0 Å². The number of nitrogens with one attached hydrogen (secondary N) is 2. The van der Waals surface area contributed by atoms with Crippen molar-refractivity contribution < 1.29 is 19.1 Å². The summed E-state index contributed by atoms with van der Waals surface area (Å²) in [6, 6.07) is 1.69. The lowest BCUT2D eigenvalue weighted by Crippen LogP contribution is -2.55. The molecule has 3 saturated carbocycles. The Morgan fingerprint density at radius 1 is 1.28 bits per heavy atom. The summed E-state index contributed by atoms with van der Waals surface area (Å²) in [5.74, 6) is -0.572. The van der Waals surface area contributed by atoms with E-state index < -0.39 is 17.7 Å². The summed E-state index contributed by atoms with van der Waals surface area (Å²) in [6.45, 7) is 2.76. The predicted molar refractivity (Wildman–Crippen MR) is 108 cm³/mol. The molecule has 0 aliphatic heterocycles. The Morgan fingerprint density at radius 2 is 1.86 bits per heavy atom. The molecule has 1 aromatic heterocycles. The molecule has 3 fully saturated rings. The Balaban J connectivity index is 1.84. The summed E-state index contributed by atoms with van der Waals surface area (Å²) >= 11 is 0. The van der Waals surface area contributed by atoms with E-state index >= 15 is 0 Å². The molecule has 0 unspecified atom stereocenters. The van der Waals surface area contributed by atoms with Crippen LogP contribution in [0.4, 0.5) is 10.1 Å². The van der Waals surface area contributed by atoms with Gasteiger partial charge in [-0.05, 0) is 58.4 Å². The van der Waals surface area contributed by atoms with Crippen molar-refractivity contribution in [1.82, 2.24) is 10.3 Å². The molecular weight excluding hydrogens is 375 g/mol. The molecule has 2 bridgehead atoms. The van der Waals surface area contributed by atoms with Crippen LogP contribution in [-0.4, -0.2) is 46.3 Å². The third-order valence-electron chi connectivity index (χ3n) is 6.77. The molecule has 4 rings (SSSR count). The number of halogens is 1. The number of nitrogens with two attached hydrogens (primary N) is 1. The second kappa shape index (κ2) is 7.55. The lowest BCUT2D eigenvalue weighted by molar-refractivity contribution is -0.136. The van der Waals surface area contributed by atoms with Gasteiger partial charge in [0.1, 0.15) is 6.17 Å². The molecule has 3 aliphatic rings. The third-order valence-corrected chi connectivity index (χ3v) is 6.77. The molecule has 2 amide bonds. The monoisotopic (exact) mass is 406 g/mol. The zero-order valence-electron chi connectivity index (χ0n) is 17.3. The summed E-state index contributed by atoms with van der Waals surface area (Å²) in [4.78, 5) is 28.7. The zero-order chi connectivity index (χ0) is 21.4. The van der Waals surface area contributed by atoms with Crippen LogP contribution in [0.2, 0.25) is 0 Å². The molecule has 5 N–H and O–H groups in total. The first kappa shape index (κ1) is 21.5. The number of nitrogens with zero attached hydrogens (tertiary/aromatic N) is 1. The summed E-state index contributed by atoms with van der Waals surface area (Å²) in [6.07, 6.45) is 4.53. The maximum Gasteiger partial charge on any atom is 0.252 e. The molecule has 0 radical (unpaired) electrons. The third kappa shape index (κ3) is 4.08. The summed E-state index contributed by atoms with van der Waals surface area (Å²) in [7, 11) is 1.68. The van der Waals surface area contributed by atoms with E-state index in [0.29, 0.717) is 5.69 Å². The highest BCUT2D eigenvalue weighted by Gasteiger charge is 2.52. The van der Waals surface area contributed by atoms with Crippen molar-refractivity contribution in [3.05, 3.63) is 23.5 Å². The number of hydrogen-bond acceptors (Lipinski definition) is 5. The first-order valence-corrected chi connectivity index (χ1v) is 10.2. The second-order valence-corrected chi connectivity index (χ2v) is 9.13. The van der Waals surface area contributed by atoms with E-state index in [1.165, 1.54) is 20.0 Å². The zero-order valence-corrected chi connectivity index (χ0v) is 17.3. The predicted octanol–water partition coefficient (Wildman–Crippen LogP) is 2.08. The molecule has 1 aromatic rings. The summed E-state index contributed by atoms with van der Waals surface area (Å²) in [5, 5.41) is 16.2. The van der Waals surface area contributed by atoms with Gasteiger partial charge in [0.2, 0.25) is 5.91 Å². The molecule has 0 spiro atoms. The van der Waals surface area contributed by atoms with Crippen LogP contribution in [-0.2, 0) is 11.2 Å². The molecule has 1 atom stereocenters. The smallest absolute Gasteiger partial charge is 0.252 e. The van der Waals surface area contributed by atoms with Gasteiger partial charge in [-0.2, -0.15) is 0 Å². The fourth-order valence-electron chi connectivity index (χ4n) is 4.72. The van der Waals surface area contributed by atoms with Gasteiger partial charge in [0, 0.05) is 30.6 Å². The number of anilines is 1. The standard InChI is InChI=1S/C21H31FN4O3/c1-19(2,29)15(22)12-14-16(17(23)27)13(4-11-25-14)26-21-8-5-20(6-9-21,7-10-21)18(28)24-3/h4,11,15,29H,5-10,12H2,1-3H3,(H2,23,27)(H,24,28)(H,25,26)/t15-,20?,21?/m1/s1. The summed E-state index contributed by atoms with van der Waals surface area (Å²) in [5.41, 5.74) is 4.51. The molecule has 29 heavy (non-hydrogen) atoms. The number of alkyl halides is 1. The van der Waals surface area contributed by atoms with Crippen LogP contribution in [0, 0.1) is 5.41 Å². The molecule has 0 saturated heterocycles. The topological polar surface area (TPSA) is 117 Å². The van der Waals surface area contributed by atoms with E-state index in [1.807, 2.05) is 0 Å². The fourth-order valence-corrected chi connectivity index (χ4v) is 4.72. The first-order chi connectivity index (χ1) is 13.5. The average molecular weight is 407 g/mol. The van der Waals surface area contributed by atoms with Crippen LogP contribution in [0.25, 0.3) is 0 Å². The molecular formula is C21H31FN4O3. The van der Waals surface area contributed by atoms with Crippen molar-refractivity contribution in [3.8, 4) is 0 Å². The highest BCUT2D eigenvalue weighted by molar-refractivity contribution is 5.99. The number of amides is 2. The number of carbonyl (C=O) groups excluding carboxylic acids is 2. The number of hydrogen-bond donors (Lipinski definition) is 4. The number of rotatable bonds is 7. The molecule has 160 valence electrons. The Bertz CT molecular complexity index is 781. The SMILES string of the molecule is CNC(=O)C12CCC(Nc3ccnc(C[C@@H](F)C(C)(C)O)c3C(N)=O)(CC1)CC2. The van der Waals surface area contributed by atoms with Crippen LogP contribution in [0.1, 0.15) is 68.4 Å². The Kier molecular flexibility index (Phi) is 5.60. The van der Waals surface area contributed by atoms with Gasteiger partial charge < -0.3 is 21.5 Å². The molecule has 8 heteroatoms. The number of carbonyl (C=O) groups is 2. The normalized spacial score (nSPS) is 27.3. The Labute approximate surface area is 170 Å². The van der Waals surface area contributed by atoms with Crippen molar-refractivity contribution in [1.29, 1.82) is 0 Å². The van der Waals surface area contributed by atoms with Gasteiger partial charge in [-0.25, -0.2) is 4.39 Å². The van der Waals surface area contributed by atoms with Crippen molar-refractivity contribution in [2.24, 2.45) is 11.1 Å².